The molecule has 1 aromatic carbocycles. The van der Waals surface area contributed by atoms with E-state index in [4.69, 9.17) is 10.0 Å². The lowest BCUT2D eigenvalue weighted by molar-refractivity contribution is 0.422. The highest BCUT2D eigenvalue weighted by molar-refractivity contribution is 6.58. The van der Waals surface area contributed by atoms with Crippen LogP contribution in [0.5, 0.6) is 0 Å². The first-order valence-electron chi connectivity index (χ1n) is 4.87. The van der Waals surface area contributed by atoms with Gasteiger partial charge in [0, 0.05) is 11.0 Å². The molecular weight excluding hydrogens is 227 g/mol. The van der Waals surface area contributed by atoms with Crippen LogP contribution in [0.1, 0.15) is 0 Å². The maximum absolute atomic E-state index is 13.4. The van der Waals surface area contributed by atoms with Crippen molar-refractivity contribution in [2.24, 2.45) is 0 Å². The van der Waals surface area contributed by atoms with Crippen molar-refractivity contribution in [3.05, 3.63) is 48.2 Å². The minimum Gasteiger partial charge on any atom is -0.423 e. The molecule has 2 aromatic rings. The summed E-state index contributed by atoms with van der Waals surface area (Å²) in [6, 6.07) is 8.31. The third-order valence-electron chi connectivity index (χ3n) is 2.31. The van der Waals surface area contributed by atoms with Crippen molar-refractivity contribution in [3.8, 4) is 11.3 Å². The Labute approximate surface area is 96.5 Å². The van der Waals surface area contributed by atoms with Gasteiger partial charge < -0.3 is 10.0 Å². The summed E-state index contributed by atoms with van der Waals surface area (Å²) in [5.74, 6) is -1.54. The van der Waals surface area contributed by atoms with Crippen LogP contribution in [0, 0.1) is 11.8 Å². The summed E-state index contributed by atoms with van der Waals surface area (Å²) in [5.41, 5.74) is -0.0829. The number of hydrogen-bond acceptors (Lipinski definition) is 3. The molecular formula is C11H8BF2NO2. The minimum absolute atomic E-state index is 0.102. The van der Waals surface area contributed by atoms with Gasteiger partial charge >= 0.3 is 7.12 Å². The van der Waals surface area contributed by atoms with Crippen LogP contribution in [0.25, 0.3) is 11.3 Å². The second kappa shape index (κ2) is 4.61. The van der Waals surface area contributed by atoms with Crippen molar-refractivity contribution < 1.29 is 18.8 Å². The monoisotopic (exact) mass is 235 g/mol. The summed E-state index contributed by atoms with van der Waals surface area (Å²) in [6.45, 7) is 0. The third-order valence-corrected chi connectivity index (χ3v) is 2.31. The Morgan fingerprint density at radius 1 is 1.00 bits per heavy atom. The fourth-order valence-electron chi connectivity index (χ4n) is 1.46. The molecule has 0 atom stereocenters. The van der Waals surface area contributed by atoms with E-state index in [2.05, 4.69) is 4.98 Å². The molecule has 0 amide bonds. The quantitative estimate of drug-likeness (QED) is 0.595. The molecule has 0 radical (unpaired) electrons. The smallest absolute Gasteiger partial charge is 0.423 e. The maximum Gasteiger partial charge on any atom is 0.493 e. The lowest BCUT2D eigenvalue weighted by atomic mass is 9.81. The number of hydrogen-bond donors (Lipinski definition) is 2. The highest BCUT2D eigenvalue weighted by atomic mass is 19.1. The molecule has 86 valence electrons. The van der Waals surface area contributed by atoms with E-state index in [1.807, 2.05) is 0 Å². The average Bonchev–Trinajstić information content (AvgIpc) is 2.29. The van der Waals surface area contributed by atoms with Gasteiger partial charge in [-0.2, -0.15) is 4.39 Å². The highest BCUT2D eigenvalue weighted by Crippen LogP contribution is 2.19. The van der Waals surface area contributed by atoms with Crippen LogP contribution in [-0.4, -0.2) is 22.2 Å². The lowest BCUT2D eigenvalue weighted by Crippen LogP contribution is -2.33. The fraction of sp³-hybridized carbons (Fsp3) is 0. The van der Waals surface area contributed by atoms with Gasteiger partial charge in [0.1, 0.15) is 5.82 Å². The van der Waals surface area contributed by atoms with E-state index in [1.54, 1.807) is 6.07 Å². The Morgan fingerprint density at radius 3 is 2.29 bits per heavy atom. The summed E-state index contributed by atoms with van der Waals surface area (Å²) in [7, 11) is -1.93. The molecule has 0 saturated carbocycles. The van der Waals surface area contributed by atoms with Crippen molar-refractivity contribution in [3.63, 3.8) is 0 Å². The molecule has 0 aliphatic heterocycles. The largest absolute Gasteiger partial charge is 0.493 e. The van der Waals surface area contributed by atoms with Gasteiger partial charge in [0.2, 0.25) is 5.95 Å². The van der Waals surface area contributed by atoms with Crippen LogP contribution >= 0.6 is 0 Å². The summed E-state index contributed by atoms with van der Waals surface area (Å²) < 4.78 is 26.8. The summed E-state index contributed by atoms with van der Waals surface area (Å²) in [4.78, 5) is 3.50. The molecule has 1 heterocycles. The van der Waals surface area contributed by atoms with E-state index >= 15 is 0 Å². The van der Waals surface area contributed by atoms with Gasteiger partial charge in [0.25, 0.3) is 0 Å². The van der Waals surface area contributed by atoms with Crippen molar-refractivity contribution in [1.29, 1.82) is 0 Å². The second-order valence-corrected chi connectivity index (χ2v) is 3.43. The zero-order valence-corrected chi connectivity index (χ0v) is 8.64. The zero-order chi connectivity index (χ0) is 12.4. The zero-order valence-electron chi connectivity index (χ0n) is 8.64. The molecule has 0 saturated heterocycles. The SMILES string of the molecule is OB(O)c1ccc(-c2ccccc2F)nc1F. The average molecular weight is 235 g/mol. The molecule has 0 aliphatic carbocycles. The van der Waals surface area contributed by atoms with Crippen LogP contribution in [0.4, 0.5) is 8.78 Å². The second-order valence-electron chi connectivity index (χ2n) is 3.43. The molecule has 0 aliphatic rings. The maximum atomic E-state index is 13.4. The van der Waals surface area contributed by atoms with Gasteiger partial charge in [-0.1, -0.05) is 18.2 Å². The molecule has 2 N–H and O–H groups in total. The first-order chi connectivity index (χ1) is 8.09. The Balaban J connectivity index is 2.49. The first kappa shape index (κ1) is 11.7. The van der Waals surface area contributed by atoms with E-state index in [9.17, 15) is 8.78 Å². The van der Waals surface area contributed by atoms with Gasteiger partial charge in [0.05, 0.1) is 5.69 Å². The summed E-state index contributed by atoms with van der Waals surface area (Å²) >= 11 is 0. The van der Waals surface area contributed by atoms with E-state index < -0.39 is 18.9 Å². The fourth-order valence-corrected chi connectivity index (χ4v) is 1.46. The molecule has 3 nitrogen and oxygen atoms in total. The molecule has 0 unspecified atom stereocenters. The molecule has 0 fully saturated rings. The van der Waals surface area contributed by atoms with Crippen molar-refractivity contribution in [2.45, 2.75) is 0 Å². The topological polar surface area (TPSA) is 53.4 Å². The van der Waals surface area contributed by atoms with E-state index in [1.165, 1.54) is 24.3 Å². The van der Waals surface area contributed by atoms with Crippen molar-refractivity contribution in [1.82, 2.24) is 4.98 Å². The van der Waals surface area contributed by atoms with Crippen LogP contribution in [0.15, 0.2) is 36.4 Å². The Morgan fingerprint density at radius 2 is 1.71 bits per heavy atom. The van der Waals surface area contributed by atoms with Crippen LogP contribution < -0.4 is 5.46 Å². The number of halogens is 2. The third kappa shape index (κ3) is 2.32. The summed E-state index contributed by atoms with van der Waals surface area (Å²) in [6.07, 6.45) is 0. The molecule has 1 aromatic heterocycles. The van der Waals surface area contributed by atoms with Gasteiger partial charge in [-0.25, -0.2) is 9.37 Å². The van der Waals surface area contributed by atoms with Gasteiger partial charge in [-0.3, -0.25) is 0 Å². The summed E-state index contributed by atoms with van der Waals surface area (Å²) in [5, 5.41) is 17.6. The molecule has 0 spiro atoms. The highest BCUT2D eigenvalue weighted by Gasteiger charge is 2.18. The molecule has 17 heavy (non-hydrogen) atoms. The minimum atomic E-state index is -1.93. The van der Waals surface area contributed by atoms with Crippen molar-refractivity contribution in [2.75, 3.05) is 0 Å². The predicted molar refractivity (Wildman–Crippen MR) is 59.4 cm³/mol. The normalized spacial score (nSPS) is 10.4. The standard InChI is InChI=1S/C11H8BF2NO2/c13-9-4-2-1-3-7(9)10-6-5-8(12(16)17)11(14)15-10/h1-6,16-17H. The van der Waals surface area contributed by atoms with Crippen LogP contribution in [-0.2, 0) is 0 Å². The van der Waals surface area contributed by atoms with Gasteiger partial charge in [-0.05, 0) is 18.2 Å². The van der Waals surface area contributed by atoms with E-state index in [0.29, 0.717) is 0 Å². The van der Waals surface area contributed by atoms with Gasteiger partial charge in [0.15, 0.2) is 0 Å². The van der Waals surface area contributed by atoms with E-state index in [0.717, 1.165) is 6.07 Å². The molecule has 0 bridgehead atoms. The van der Waals surface area contributed by atoms with Crippen LogP contribution in [0.3, 0.4) is 0 Å². The number of aromatic nitrogens is 1. The van der Waals surface area contributed by atoms with Crippen LogP contribution in [0.2, 0.25) is 0 Å². The number of benzene rings is 1. The lowest BCUT2D eigenvalue weighted by Gasteiger charge is -2.05. The first-order valence-corrected chi connectivity index (χ1v) is 4.87. The van der Waals surface area contributed by atoms with Crippen molar-refractivity contribution >= 4 is 12.6 Å². The predicted octanol–water partition coefficient (Wildman–Crippen LogP) is 0.707. The Hall–Kier alpha value is -1.79. The Bertz CT molecular complexity index is 549. The number of nitrogens with zero attached hydrogens (tertiary/aromatic N) is 1. The molecule has 2 rings (SSSR count). The van der Waals surface area contributed by atoms with Gasteiger partial charge in [-0.15, -0.1) is 0 Å². The van der Waals surface area contributed by atoms with E-state index in [-0.39, 0.29) is 16.7 Å². The Kier molecular flexibility index (Phi) is 3.17. The number of rotatable bonds is 2. The molecule has 6 heteroatoms. The number of pyridine rings is 1.